The highest BCUT2D eigenvalue weighted by molar-refractivity contribution is 14.1. The fraction of sp³-hybridized carbons (Fsp3) is 0.235. The minimum absolute atomic E-state index is 0.0146. The summed E-state index contributed by atoms with van der Waals surface area (Å²) < 4.78 is 3.10. The molecule has 0 saturated carbocycles. The number of fused-ring (bicyclic) bond motifs is 1. The molecule has 0 bridgehead atoms. The average Bonchev–Trinajstić information content (AvgIpc) is 3.21. The van der Waals surface area contributed by atoms with Gasteiger partial charge in [-0.3, -0.25) is 9.20 Å². The predicted octanol–water partition coefficient (Wildman–Crippen LogP) is 3.31. The zero-order valence-electron chi connectivity index (χ0n) is 12.4. The van der Waals surface area contributed by atoms with Crippen LogP contribution in [0.2, 0.25) is 0 Å². The molecule has 1 aliphatic heterocycles. The van der Waals surface area contributed by atoms with E-state index in [1.54, 1.807) is 0 Å². The molecule has 0 aliphatic carbocycles. The summed E-state index contributed by atoms with van der Waals surface area (Å²) >= 11 is 2.24. The standard InChI is InChI=1S/C17H15IN4O/c18-13-8-6-12(7-9-13)17(23)21-11-3-4-14(21)16-20-19-15-5-1-2-10-22(15)16/h1-2,5-10,14H,3-4,11H2. The summed E-state index contributed by atoms with van der Waals surface area (Å²) in [7, 11) is 0. The Bertz CT molecular complexity index is 858. The van der Waals surface area contributed by atoms with Crippen LogP contribution < -0.4 is 0 Å². The van der Waals surface area contributed by atoms with Gasteiger partial charge < -0.3 is 4.90 Å². The molecule has 1 fully saturated rings. The molecule has 1 amide bonds. The zero-order chi connectivity index (χ0) is 15.8. The first kappa shape index (κ1) is 14.6. The van der Waals surface area contributed by atoms with Crippen molar-refractivity contribution in [2.45, 2.75) is 18.9 Å². The van der Waals surface area contributed by atoms with Crippen molar-refractivity contribution in [3.63, 3.8) is 0 Å². The van der Waals surface area contributed by atoms with Crippen LogP contribution >= 0.6 is 22.6 Å². The van der Waals surface area contributed by atoms with Gasteiger partial charge in [-0.1, -0.05) is 6.07 Å². The molecule has 5 nitrogen and oxygen atoms in total. The highest BCUT2D eigenvalue weighted by atomic mass is 127. The van der Waals surface area contributed by atoms with Crippen LogP contribution in [0.4, 0.5) is 0 Å². The minimum Gasteiger partial charge on any atom is -0.328 e. The Balaban J connectivity index is 1.69. The van der Waals surface area contributed by atoms with Crippen LogP contribution in [0, 0.1) is 3.57 Å². The molecule has 3 aromatic rings. The Morgan fingerprint density at radius 1 is 1.13 bits per heavy atom. The van der Waals surface area contributed by atoms with E-state index in [1.165, 1.54) is 0 Å². The van der Waals surface area contributed by atoms with Gasteiger partial charge in [0.25, 0.3) is 5.91 Å². The quantitative estimate of drug-likeness (QED) is 0.601. The van der Waals surface area contributed by atoms with E-state index in [1.807, 2.05) is 58.0 Å². The summed E-state index contributed by atoms with van der Waals surface area (Å²) in [5.41, 5.74) is 1.54. The van der Waals surface area contributed by atoms with Gasteiger partial charge in [0.05, 0.1) is 6.04 Å². The largest absolute Gasteiger partial charge is 0.328 e. The third-order valence-corrected chi connectivity index (χ3v) is 4.96. The Kier molecular flexibility index (Phi) is 3.76. The predicted molar refractivity (Wildman–Crippen MR) is 95.2 cm³/mol. The monoisotopic (exact) mass is 418 g/mol. The number of hydrogen-bond donors (Lipinski definition) is 0. The van der Waals surface area contributed by atoms with Crippen LogP contribution in [0.1, 0.15) is 35.1 Å². The molecule has 6 heteroatoms. The summed E-state index contributed by atoms with van der Waals surface area (Å²) in [6.07, 6.45) is 3.87. The summed E-state index contributed by atoms with van der Waals surface area (Å²) in [6, 6.07) is 13.5. The van der Waals surface area contributed by atoms with Crippen molar-refractivity contribution in [3.8, 4) is 0 Å². The van der Waals surface area contributed by atoms with Gasteiger partial charge in [0.15, 0.2) is 11.5 Å². The van der Waals surface area contributed by atoms with E-state index >= 15 is 0 Å². The molecule has 0 N–H and O–H groups in total. The molecule has 2 aromatic heterocycles. The third kappa shape index (κ3) is 2.60. The number of likely N-dealkylation sites (tertiary alicyclic amines) is 1. The van der Waals surface area contributed by atoms with Gasteiger partial charge in [0.2, 0.25) is 0 Å². The normalized spacial score (nSPS) is 17.8. The lowest BCUT2D eigenvalue weighted by atomic mass is 10.1. The highest BCUT2D eigenvalue weighted by Gasteiger charge is 2.33. The number of aromatic nitrogens is 3. The summed E-state index contributed by atoms with van der Waals surface area (Å²) in [5.74, 6) is 0.911. The third-order valence-electron chi connectivity index (χ3n) is 4.24. The first-order valence-electron chi connectivity index (χ1n) is 7.60. The van der Waals surface area contributed by atoms with Gasteiger partial charge in [0, 0.05) is 21.9 Å². The van der Waals surface area contributed by atoms with Crippen LogP contribution in [0.3, 0.4) is 0 Å². The Morgan fingerprint density at radius 2 is 1.96 bits per heavy atom. The van der Waals surface area contributed by atoms with E-state index in [2.05, 4.69) is 32.8 Å². The maximum atomic E-state index is 12.9. The van der Waals surface area contributed by atoms with Gasteiger partial charge in [-0.25, -0.2) is 0 Å². The number of carbonyl (C=O) groups is 1. The van der Waals surface area contributed by atoms with Crippen LogP contribution in [0.5, 0.6) is 0 Å². The van der Waals surface area contributed by atoms with Crippen molar-refractivity contribution < 1.29 is 4.79 Å². The van der Waals surface area contributed by atoms with Gasteiger partial charge in [-0.2, -0.15) is 0 Å². The Labute approximate surface area is 147 Å². The molecule has 4 rings (SSSR count). The average molecular weight is 418 g/mol. The molecule has 1 unspecified atom stereocenters. The van der Waals surface area contributed by atoms with Crippen LogP contribution in [-0.2, 0) is 0 Å². The van der Waals surface area contributed by atoms with Crippen molar-refractivity contribution in [2.24, 2.45) is 0 Å². The molecule has 0 radical (unpaired) electrons. The van der Waals surface area contributed by atoms with Crippen molar-refractivity contribution in [3.05, 3.63) is 63.6 Å². The Morgan fingerprint density at radius 3 is 2.78 bits per heavy atom. The van der Waals surface area contributed by atoms with E-state index in [4.69, 9.17) is 0 Å². The number of pyridine rings is 1. The van der Waals surface area contributed by atoms with Crippen molar-refractivity contribution >= 4 is 34.1 Å². The molecule has 1 saturated heterocycles. The lowest BCUT2D eigenvalue weighted by Crippen LogP contribution is -2.31. The van der Waals surface area contributed by atoms with Crippen molar-refractivity contribution in [1.82, 2.24) is 19.5 Å². The molecule has 23 heavy (non-hydrogen) atoms. The summed E-state index contributed by atoms with van der Waals surface area (Å²) in [6.45, 7) is 0.761. The summed E-state index contributed by atoms with van der Waals surface area (Å²) in [5, 5.41) is 8.55. The highest BCUT2D eigenvalue weighted by Crippen LogP contribution is 2.32. The number of hydrogen-bond acceptors (Lipinski definition) is 3. The topological polar surface area (TPSA) is 50.5 Å². The molecule has 1 atom stereocenters. The molecular weight excluding hydrogens is 403 g/mol. The molecule has 1 aliphatic rings. The van der Waals surface area contributed by atoms with Crippen molar-refractivity contribution in [1.29, 1.82) is 0 Å². The van der Waals surface area contributed by atoms with Gasteiger partial charge in [-0.15, -0.1) is 10.2 Å². The number of rotatable bonds is 2. The van der Waals surface area contributed by atoms with E-state index in [9.17, 15) is 4.79 Å². The molecule has 116 valence electrons. The van der Waals surface area contributed by atoms with E-state index in [0.717, 1.165) is 40.0 Å². The lowest BCUT2D eigenvalue weighted by Gasteiger charge is -2.23. The second kappa shape index (κ2) is 5.92. The first-order chi connectivity index (χ1) is 11.2. The number of nitrogens with zero attached hydrogens (tertiary/aromatic N) is 4. The van der Waals surface area contributed by atoms with Gasteiger partial charge in [0.1, 0.15) is 0 Å². The number of benzene rings is 1. The van der Waals surface area contributed by atoms with Gasteiger partial charge in [-0.05, 0) is 71.8 Å². The molecule has 0 spiro atoms. The second-order valence-corrected chi connectivity index (χ2v) is 6.90. The minimum atomic E-state index is -0.0146. The summed E-state index contributed by atoms with van der Waals surface area (Å²) in [4.78, 5) is 14.8. The smallest absolute Gasteiger partial charge is 0.254 e. The number of carbonyl (C=O) groups excluding carboxylic acids is 1. The van der Waals surface area contributed by atoms with E-state index < -0.39 is 0 Å². The fourth-order valence-corrected chi connectivity index (χ4v) is 3.48. The van der Waals surface area contributed by atoms with Crippen LogP contribution in [-0.4, -0.2) is 31.9 Å². The first-order valence-corrected chi connectivity index (χ1v) is 8.68. The fourth-order valence-electron chi connectivity index (χ4n) is 3.12. The molecule has 3 heterocycles. The van der Waals surface area contributed by atoms with Gasteiger partial charge >= 0.3 is 0 Å². The molecule has 1 aromatic carbocycles. The Hall–Kier alpha value is -1.96. The van der Waals surface area contributed by atoms with Crippen molar-refractivity contribution in [2.75, 3.05) is 6.54 Å². The van der Waals surface area contributed by atoms with Crippen LogP contribution in [0.25, 0.3) is 5.65 Å². The SMILES string of the molecule is O=C(c1ccc(I)cc1)N1CCCC1c1nnc2ccccn12. The molecular formula is C17H15IN4O. The maximum absolute atomic E-state index is 12.9. The van der Waals surface area contributed by atoms with Crippen LogP contribution in [0.15, 0.2) is 48.7 Å². The number of halogens is 1. The van der Waals surface area contributed by atoms with E-state index in [0.29, 0.717) is 0 Å². The second-order valence-electron chi connectivity index (χ2n) is 5.65. The number of amides is 1. The lowest BCUT2D eigenvalue weighted by molar-refractivity contribution is 0.0729. The zero-order valence-corrected chi connectivity index (χ0v) is 14.6. The maximum Gasteiger partial charge on any atom is 0.254 e. The van der Waals surface area contributed by atoms with E-state index in [-0.39, 0.29) is 11.9 Å².